The number of ether oxygens (including phenoxy) is 1. The Labute approximate surface area is 142 Å². The smallest absolute Gasteiger partial charge is 0.246 e. The highest BCUT2D eigenvalue weighted by atomic mass is 16.5. The van der Waals surface area contributed by atoms with E-state index in [4.69, 9.17) is 10.5 Å². The van der Waals surface area contributed by atoms with Crippen molar-refractivity contribution in [1.29, 1.82) is 0 Å². The van der Waals surface area contributed by atoms with E-state index in [0.717, 1.165) is 11.3 Å². The molecule has 0 saturated heterocycles. The van der Waals surface area contributed by atoms with Crippen molar-refractivity contribution in [3.63, 3.8) is 0 Å². The van der Waals surface area contributed by atoms with Crippen LogP contribution in [0.2, 0.25) is 0 Å². The van der Waals surface area contributed by atoms with Gasteiger partial charge in [0.25, 0.3) is 0 Å². The largest absolute Gasteiger partial charge is 0.466 e. The molecule has 0 spiro atoms. The van der Waals surface area contributed by atoms with Gasteiger partial charge in [-0.05, 0) is 36.8 Å². The summed E-state index contributed by atoms with van der Waals surface area (Å²) in [6, 6.07) is 8.77. The van der Waals surface area contributed by atoms with Crippen LogP contribution in [0.15, 0.2) is 35.6 Å². The zero-order chi connectivity index (χ0) is 16.5. The maximum atomic E-state index is 5.91. The van der Waals surface area contributed by atoms with Gasteiger partial charge in [-0.2, -0.15) is 4.98 Å². The summed E-state index contributed by atoms with van der Waals surface area (Å²) in [4.78, 5) is 12.8. The van der Waals surface area contributed by atoms with Crippen molar-refractivity contribution in [2.75, 3.05) is 5.73 Å². The standard InChI is InChI=1S/C19H22N4O/c1-12-16(23-17-18(20)21-11-22-19(17)24-12)15-9-7-14(8-10-15)13-5-3-2-4-6-13/h7-13H,2-6H2,1H3,(H2,20,21,22). The number of hydrogen-bond acceptors (Lipinski definition) is 5. The van der Waals surface area contributed by atoms with Crippen molar-refractivity contribution in [2.45, 2.75) is 51.0 Å². The van der Waals surface area contributed by atoms with E-state index in [1.54, 1.807) is 0 Å². The van der Waals surface area contributed by atoms with Crippen molar-refractivity contribution >= 4 is 17.2 Å². The number of nitrogens with two attached hydrogens (primary N) is 1. The zero-order valence-corrected chi connectivity index (χ0v) is 13.9. The van der Waals surface area contributed by atoms with Crippen LogP contribution >= 0.6 is 0 Å². The van der Waals surface area contributed by atoms with Gasteiger partial charge in [0, 0.05) is 0 Å². The lowest BCUT2D eigenvalue weighted by Crippen LogP contribution is -2.28. The molecule has 1 aromatic carbocycles. The number of fused-ring (bicyclic) bond motifs is 1. The molecule has 2 N–H and O–H groups in total. The van der Waals surface area contributed by atoms with Crippen LogP contribution in [0.5, 0.6) is 5.88 Å². The number of aliphatic imine (C=N–C) groups is 1. The fraction of sp³-hybridized carbons (Fsp3) is 0.421. The van der Waals surface area contributed by atoms with Gasteiger partial charge in [0.2, 0.25) is 5.88 Å². The topological polar surface area (TPSA) is 73.4 Å². The molecule has 0 bridgehead atoms. The Morgan fingerprint density at radius 1 is 1.04 bits per heavy atom. The second-order valence-corrected chi connectivity index (χ2v) is 6.63. The molecule has 5 nitrogen and oxygen atoms in total. The van der Waals surface area contributed by atoms with Crippen molar-refractivity contribution < 1.29 is 4.74 Å². The van der Waals surface area contributed by atoms with E-state index >= 15 is 0 Å². The number of anilines is 1. The van der Waals surface area contributed by atoms with Gasteiger partial charge in [0.1, 0.15) is 12.4 Å². The number of aromatic nitrogens is 2. The average molecular weight is 322 g/mol. The van der Waals surface area contributed by atoms with Crippen LogP contribution < -0.4 is 10.5 Å². The maximum absolute atomic E-state index is 5.91. The van der Waals surface area contributed by atoms with Crippen molar-refractivity contribution in [2.24, 2.45) is 4.99 Å². The van der Waals surface area contributed by atoms with Gasteiger partial charge in [-0.3, -0.25) is 0 Å². The van der Waals surface area contributed by atoms with Gasteiger partial charge in [0.15, 0.2) is 11.5 Å². The van der Waals surface area contributed by atoms with E-state index in [1.807, 2.05) is 6.92 Å². The Morgan fingerprint density at radius 3 is 2.54 bits per heavy atom. The van der Waals surface area contributed by atoms with Gasteiger partial charge in [-0.15, -0.1) is 0 Å². The molecule has 2 aliphatic rings. The summed E-state index contributed by atoms with van der Waals surface area (Å²) in [5.74, 6) is 1.51. The van der Waals surface area contributed by atoms with Crippen LogP contribution in [-0.2, 0) is 0 Å². The van der Waals surface area contributed by atoms with Gasteiger partial charge in [0.05, 0.1) is 5.71 Å². The summed E-state index contributed by atoms with van der Waals surface area (Å²) in [6.07, 6.45) is 7.93. The number of benzene rings is 1. The van der Waals surface area contributed by atoms with E-state index in [9.17, 15) is 0 Å². The average Bonchev–Trinajstić information content (AvgIpc) is 2.62. The third-order valence-electron chi connectivity index (χ3n) is 5.01. The molecule has 1 fully saturated rings. The lowest BCUT2D eigenvalue weighted by atomic mass is 9.83. The predicted octanol–water partition coefficient (Wildman–Crippen LogP) is 4.01. The molecule has 0 radical (unpaired) electrons. The summed E-state index contributed by atoms with van der Waals surface area (Å²) >= 11 is 0. The summed E-state index contributed by atoms with van der Waals surface area (Å²) in [6.45, 7) is 1.98. The van der Waals surface area contributed by atoms with E-state index in [1.165, 1.54) is 44.0 Å². The first-order valence-electron chi connectivity index (χ1n) is 8.68. The molecule has 24 heavy (non-hydrogen) atoms. The predicted molar refractivity (Wildman–Crippen MR) is 95.0 cm³/mol. The Balaban J connectivity index is 1.64. The van der Waals surface area contributed by atoms with Gasteiger partial charge in [-0.25, -0.2) is 9.98 Å². The fourth-order valence-corrected chi connectivity index (χ4v) is 3.66. The molecule has 124 valence electrons. The number of hydrogen-bond donors (Lipinski definition) is 1. The fourth-order valence-electron chi connectivity index (χ4n) is 3.66. The van der Waals surface area contributed by atoms with Gasteiger partial charge >= 0.3 is 0 Å². The van der Waals surface area contributed by atoms with Crippen LogP contribution in [0.4, 0.5) is 11.5 Å². The first-order chi connectivity index (χ1) is 11.7. The second kappa shape index (κ2) is 6.23. The van der Waals surface area contributed by atoms with Crippen LogP contribution in [-0.4, -0.2) is 21.8 Å². The molecule has 1 aliphatic carbocycles. The molecule has 2 aromatic rings. The first kappa shape index (κ1) is 15.1. The molecular weight excluding hydrogens is 300 g/mol. The minimum absolute atomic E-state index is 0.160. The zero-order valence-electron chi connectivity index (χ0n) is 13.9. The highest BCUT2D eigenvalue weighted by Gasteiger charge is 2.25. The van der Waals surface area contributed by atoms with Crippen molar-refractivity contribution in [3.8, 4) is 5.88 Å². The maximum Gasteiger partial charge on any atom is 0.246 e. The quantitative estimate of drug-likeness (QED) is 0.906. The van der Waals surface area contributed by atoms with Crippen molar-refractivity contribution in [3.05, 3.63) is 41.7 Å². The Bertz CT molecular complexity index is 763. The van der Waals surface area contributed by atoms with Gasteiger partial charge < -0.3 is 10.5 Å². The Morgan fingerprint density at radius 2 is 1.79 bits per heavy atom. The summed E-state index contributed by atoms with van der Waals surface area (Å²) in [5.41, 5.74) is 9.82. The molecule has 4 rings (SSSR count). The number of rotatable bonds is 2. The molecular formula is C19H22N4O. The normalized spacial score (nSPS) is 20.9. The third kappa shape index (κ3) is 2.75. The summed E-state index contributed by atoms with van der Waals surface area (Å²) in [7, 11) is 0. The van der Waals surface area contributed by atoms with E-state index in [-0.39, 0.29) is 6.10 Å². The van der Waals surface area contributed by atoms with Crippen LogP contribution in [0.3, 0.4) is 0 Å². The molecule has 1 unspecified atom stereocenters. The number of nitrogens with zero attached hydrogens (tertiary/aromatic N) is 3. The summed E-state index contributed by atoms with van der Waals surface area (Å²) < 4.78 is 5.86. The first-order valence-corrected chi connectivity index (χ1v) is 8.68. The molecule has 2 heterocycles. The third-order valence-corrected chi connectivity index (χ3v) is 5.01. The van der Waals surface area contributed by atoms with E-state index in [2.05, 4.69) is 39.2 Å². The number of nitrogen functional groups attached to an aromatic ring is 1. The second-order valence-electron chi connectivity index (χ2n) is 6.63. The molecule has 0 amide bonds. The Kier molecular flexibility index (Phi) is 3.92. The monoisotopic (exact) mass is 322 g/mol. The van der Waals surface area contributed by atoms with Crippen molar-refractivity contribution in [1.82, 2.24) is 9.97 Å². The van der Waals surface area contributed by atoms with E-state index in [0.29, 0.717) is 23.3 Å². The minimum Gasteiger partial charge on any atom is -0.466 e. The highest BCUT2D eigenvalue weighted by molar-refractivity contribution is 6.06. The van der Waals surface area contributed by atoms with E-state index < -0.39 is 0 Å². The molecule has 1 saturated carbocycles. The van der Waals surface area contributed by atoms with Crippen LogP contribution in [0.25, 0.3) is 0 Å². The highest BCUT2D eigenvalue weighted by Crippen LogP contribution is 2.36. The lowest BCUT2D eigenvalue weighted by Gasteiger charge is -2.24. The Hall–Kier alpha value is -2.43. The minimum atomic E-state index is -0.160. The molecule has 1 atom stereocenters. The molecule has 1 aliphatic heterocycles. The SMILES string of the molecule is CC1Oc2ncnc(N)c2N=C1c1ccc(C2CCCCC2)cc1. The molecule has 1 aromatic heterocycles. The van der Waals surface area contributed by atoms with Crippen LogP contribution in [0, 0.1) is 0 Å². The van der Waals surface area contributed by atoms with Crippen LogP contribution in [0.1, 0.15) is 56.1 Å². The lowest BCUT2D eigenvalue weighted by molar-refractivity contribution is 0.272. The summed E-state index contributed by atoms with van der Waals surface area (Å²) in [5, 5.41) is 0. The van der Waals surface area contributed by atoms with Gasteiger partial charge in [-0.1, -0.05) is 43.5 Å². The molecule has 5 heteroatoms.